The van der Waals surface area contributed by atoms with Crippen molar-refractivity contribution in [2.75, 3.05) is 0 Å². The maximum absolute atomic E-state index is 12.5. The number of aliphatic hydroxyl groups is 1. The Balaban J connectivity index is 1.68. The van der Waals surface area contributed by atoms with Crippen LogP contribution in [0.5, 0.6) is 0 Å². The molecule has 1 amide bonds. The van der Waals surface area contributed by atoms with Gasteiger partial charge in [0.15, 0.2) is 0 Å². The Morgan fingerprint density at radius 1 is 1.24 bits per heavy atom. The number of hydrogen-bond acceptors (Lipinski definition) is 3. The summed E-state index contributed by atoms with van der Waals surface area (Å²) < 4.78 is 1.99. The van der Waals surface area contributed by atoms with Crippen molar-refractivity contribution in [3.05, 3.63) is 65.5 Å². The van der Waals surface area contributed by atoms with Crippen LogP contribution in [0, 0.1) is 6.92 Å². The zero-order chi connectivity index (χ0) is 18.0. The Labute approximate surface area is 147 Å². The fraction of sp³-hybridized carbons (Fsp3) is 0.300. The summed E-state index contributed by atoms with van der Waals surface area (Å²) in [4.78, 5) is 17.0. The number of fused-ring (bicyclic) bond motifs is 1. The molecule has 1 heterocycles. The maximum atomic E-state index is 12.5. The summed E-state index contributed by atoms with van der Waals surface area (Å²) >= 11 is 0. The average Bonchev–Trinajstić information content (AvgIpc) is 2.89. The quantitative estimate of drug-likeness (QED) is 0.752. The lowest BCUT2D eigenvalue weighted by atomic mass is 10.0. The Bertz CT molecular complexity index is 887. The van der Waals surface area contributed by atoms with E-state index in [0.717, 1.165) is 22.4 Å². The minimum Gasteiger partial charge on any atom is -0.391 e. The molecule has 0 fully saturated rings. The molecule has 3 aromatic rings. The first-order valence-electron chi connectivity index (χ1n) is 8.41. The van der Waals surface area contributed by atoms with Crippen molar-refractivity contribution in [2.24, 2.45) is 7.05 Å². The predicted molar refractivity (Wildman–Crippen MR) is 98.5 cm³/mol. The van der Waals surface area contributed by atoms with Crippen LogP contribution < -0.4 is 5.32 Å². The first-order chi connectivity index (χ1) is 12.0. The van der Waals surface area contributed by atoms with Gasteiger partial charge < -0.3 is 15.0 Å². The van der Waals surface area contributed by atoms with Gasteiger partial charge in [-0.2, -0.15) is 0 Å². The third kappa shape index (κ3) is 3.72. The van der Waals surface area contributed by atoms with Gasteiger partial charge in [0.2, 0.25) is 0 Å². The Morgan fingerprint density at radius 3 is 2.68 bits per heavy atom. The molecule has 2 atom stereocenters. The van der Waals surface area contributed by atoms with E-state index in [1.807, 2.05) is 61.9 Å². The van der Waals surface area contributed by atoms with Crippen LogP contribution in [0.1, 0.15) is 28.7 Å². The summed E-state index contributed by atoms with van der Waals surface area (Å²) in [6.45, 7) is 3.75. The van der Waals surface area contributed by atoms with E-state index in [9.17, 15) is 9.90 Å². The van der Waals surface area contributed by atoms with E-state index in [0.29, 0.717) is 12.0 Å². The number of nitrogens with one attached hydrogen (secondary N) is 1. The standard InChI is InChI=1S/C20H23N3O2/c1-13(19(24)11-15-7-5-4-6-8-15)21-20(25)16-9-10-18-17(12-16)22-14(2)23(18)3/h4-10,12-13,19,24H,11H2,1-3H3,(H,21,25). The second-order valence-corrected chi connectivity index (χ2v) is 6.44. The number of hydrogen-bond donors (Lipinski definition) is 2. The first-order valence-corrected chi connectivity index (χ1v) is 8.41. The predicted octanol–water partition coefficient (Wildman–Crippen LogP) is 2.60. The number of carbonyl (C=O) groups excluding carboxylic acids is 1. The first kappa shape index (κ1) is 17.2. The van der Waals surface area contributed by atoms with Crippen molar-refractivity contribution in [1.29, 1.82) is 0 Å². The van der Waals surface area contributed by atoms with E-state index < -0.39 is 6.10 Å². The average molecular weight is 337 g/mol. The molecular formula is C20H23N3O2. The number of amides is 1. The molecule has 2 unspecified atom stereocenters. The van der Waals surface area contributed by atoms with Crippen LogP contribution in [-0.4, -0.2) is 32.7 Å². The van der Waals surface area contributed by atoms with Crippen LogP contribution in [0.15, 0.2) is 48.5 Å². The van der Waals surface area contributed by atoms with Gasteiger partial charge in [-0.15, -0.1) is 0 Å². The molecule has 0 saturated heterocycles. The molecule has 0 saturated carbocycles. The highest BCUT2D eigenvalue weighted by Gasteiger charge is 2.18. The Hall–Kier alpha value is -2.66. The number of nitrogens with zero attached hydrogens (tertiary/aromatic N) is 2. The van der Waals surface area contributed by atoms with Crippen molar-refractivity contribution < 1.29 is 9.90 Å². The third-order valence-electron chi connectivity index (χ3n) is 4.59. The van der Waals surface area contributed by atoms with Gasteiger partial charge in [-0.05, 0) is 37.6 Å². The van der Waals surface area contributed by atoms with Crippen molar-refractivity contribution in [3.8, 4) is 0 Å². The molecule has 5 nitrogen and oxygen atoms in total. The number of aryl methyl sites for hydroxylation is 2. The lowest BCUT2D eigenvalue weighted by molar-refractivity contribution is 0.0852. The van der Waals surface area contributed by atoms with E-state index in [1.165, 1.54) is 0 Å². The number of aromatic nitrogens is 2. The smallest absolute Gasteiger partial charge is 0.251 e. The van der Waals surface area contributed by atoms with Crippen molar-refractivity contribution in [1.82, 2.24) is 14.9 Å². The molecule has 0 bridgehead atoms. The number of imidazole rings is 1. The third-order valence-corrected chi connectivity index (χ3v) is 4.59. The number of carbonyl (C=O) groups is 1. The normalized spacial score (nSPS) is 13.6. The summed E-state index contributed by atoms with van der Waals surface area (Å²) in [5.74, 6) is 0.698. The van der Waals surface area contributed by atoms with E-state index in [1.54, 1.807) is 12.1 Å². The fourth-order valence-electron chi connectivity index (χ4n) is 2.88. The lowest BCUT2D eigenvalue weighted by Gasteiger charge is -2.20. The van der Waals surface area contributed by atoms with Crippen LogP contribution in [0.25, 0.3) is 11.0 Å². The lowest BCUT2D eigenvalue weighted by Crippen LogP contribution is -2.42. The van der Waals surface area contributed by atoms with Gasteiger partial charge in [-0.1, -0.05) is 30.3 Å². The summed E-state index contributed by atoms with van der Waals surface area (Å²) in [6, 6.07) is 14.9. The van der Waals surface area contributed by atoms with Crippen LogP contribution >= 0.6 is 0 Å². The van der Waals surface area contributed by atoms with E-state index in [4.69, 9.17) is 0 Å². The SMILES string of the molecule is Cc1nc2cc(C(=O)NC(C)C(O)Cc3ccccc3)ccc2n1C. The fourth-order valence-corrected chi connectivity index (χ4v) is 2.88. The zero-order valence-electron chi connectivity index (χ0n) is 14.7. The van der Waals surface area contributed by atoms with E-state index in [-0.39, 0.29) is 11.9 Å². The molecular weight excluding hydrogens is 314 g/mol. The minimum absolute atomic E-state index is 0.204. The number of aliphatic hydroxyl groups excluding tert-OH is 1. The summed E-state index contributed by atoms with van der Waals surface area (Å²) in [7, 11) is 1.95. The highest BCUT2D eigenvalue weighted by Crippen LogP contribution is 2.16. The molecule has 0 spiro atoms. The van der Waals surface area contributed by atoms with Crippen LogP contribution in [0.2, 0.25) is 0 Å². The van der Waals surface area contributed by atoms with Crippen LogP contribution in [-0.2, 0) is 13.5 Å². The van der Waals surface area contributed by atoms with Gasteiger partial charge in [0.1, 0.15) is 5.82 Å². The van der Waals surface area contributed by atoms with Gasteiger partial charge in [0, 0.05) is 19.0 Å². The van der Waals surface area contributed by atoms with Crippen LogP contribution in [0.3, 0.4) is 0 Å². The van der Waals surface area contributed by atoms with Gasteiger partial charge in [-0.25, -0.2) is 4.98 Å². The highest BCUT2D eigenvalue weighted by atomic mass is 16.3. The second-order valence-electron chi connectivity index (χ2n) is 6.44. The molecule has 2 N–H and O–H groups in total. The maximum Gasteiger partial charge on any atom is 0.251 e. The summed E-state index contributed by atoms with van der Waals surface area (Å²) in [5, 5.41) is 13.2. The Kier molecular flexibility index (Phi) is 4.86. The largest absolute Gasteiger partial charge is 0.391 e. The van der Waals surface area contributed by atoms with Crippen molar-refractivity contribution in [3.63, 3.8) is 0 Å². The molecule has 0 aliphatic carbocycles. The van der Waals surface area contributed by atoms with Gasteiger partial charge >= 0.3 is 0 Å². The van der Waals surface area contributed by atoms with E-state index >= 15 is 0 Å². The molecule has 3 rings (SSSR count). The summed E-state index contributed by atoms with van der Waals surface area (Å²) in [6.07, 6.45) is -0.145. The molecule has 1 aromatic heterocycles. The van der Waals surface area contributed by atoms with Crippen molar-refractivity contribution >= 4 is 16.9 Å². The molecule has 5 heteroatoms. The van der Waals surface area contributed by atoms with Gasteiger partial charge in [0.05, 0.1) is 23.2 Å². The summed E-state index contributed by atoms with van der Waals surface area (Å²) in [5.41, 5.74) is 3.38. The number of rotatable bonds is 5. The molecule has 2 aromatic carbocycles. The van der Waals surface area contributed by atoms with Gasteiger partial charge in [-0.3, -0.25) is 4.79 Å². The molecule has 130 valence electrons. The molecule has 0 radical (unpaired) electrons. The monoisotopic (exact) mass is 337 g/mol. The van der Waals surface area contributed by atoms with Crippen molar-refractivity contribution in [2.45, 2.75) is 32.4 Å². The molecule has 25 heavy (non-hydrogen) atoms. The minimum atomic E-state index is -0.646. The molecule has 0 aliphatic rings. The molecule has 0 aliphatic heterocycles. The number of benzene rings is 2. The van der Waals surface area contributed by atoms with E-state index in [2.05, 4.69) is 10.3 Å². The Morgan fingerprint density at radius 2 is 1.96 bits per heavy atom. The van der Waals surface area contributed by atoms with Gasteiger partial charge in [0.25, 0.3) is 5.91 Å². The highest BCUT2D eigenvalue weighted by molar-refractivity contribution is 5.97. The topological polar surface area (TPSA) is 67.2 Å². The van der Waals surface area contributed by atoms with Crippen LogP contribution in [0.4, 0.5) is 0 Å². The zero-order valence-corrected chi connectivity index (χ0v) is 14.7. The second kappa shape index (κ2) is 7.07.